The van der Waals surface area contributed by atoms with Gasteiger partial charge in [0.15, 0.2) is 0 Å². The molecule has 0 radical (unpaired) electrons. The van der Waals surface area contributed by atoms with E-state index in [1.165, 1.54) is 12.1 Å². The Bertz CT molecular complexity index is 313. The van der Waals surface area contributed by atoms with Crippen LogP contribution in [0.5, 0.6) is 0 Å². The van der Waals surface area contributed by atoms with Crippen LogP contribution in [0.1, 0.15) is 36.4 Å². The highest BCUT2D eigenvalue weighted by Gasteiger charge is 2.07. The molecule has 15 heavy (non-hydrogen) atoms. The van der Waals surface area contributed by atoms with Gasteiger partial charge >= 0.3 is 0 Å². The van der Waals surface area contributed by atoms with Gasteiger partial charge in [-0.1, -0.05) is 12.1 Å². The maximum absolute atomic E-state index is 13.1. The first-order valence-corrected chi connectivity index (χ1v) is 5.27. The summed E-state index contributed by atoms with van der Waals surface area (Å²) < 4.78 is 13.1. The van der Waals surface area contributed by atoms with Crippen molar-refractivity contribution < 1.29 is 4.39 Å². The first-order chi connectivity index (χ1) is 7.13. The van der Waals surface area contributed by atoms with Crippen LogP contribution in [0.15, 0.2) is 30.9 Å². The first kappa shape index (κ1) is 11.9. The summed E-state index contributed by atoms with van der Waals surface area (Å²) in [7, 11) is 0. The number of allylic oxidation sites excluding steroid dienone is 1. The summed E-state index contributed by atoms with van der Waals surface area (Å²) in [6.07, 6.45) is 4.71. The van der Waals surface area contributed by atoms with Crippen molar-refractivity contribution in [2.45, 2.75) is 32.2 Å². The van der Waals surface area contributed by atoms with Crippen molar-refractivity contribution in [3.8, 4) is 0 Å². The molecule has 82 valence electrons. The molecule has 1 aromatic rings. The smallest absolute Gasteiger partial charge is 0.123 e. The van der Waals surface area contributed by atoms with Gasteiger partial charge in [0.1, 0.15) is 5.82 Å². The summed E-state index contributed by atoms with van der Waals surface area (Å²) in [5.41, 5.74) is 7.78. The molecular weight excluding hydrogens is 189 g/mol. The SMILES string of the molecule is C=CCCCC(N)c1cc(C)cc(F)c1. The number of halogens is 1. The summed E-state index contributed by atoms with van der Waals surface area (Å²) in [6, 6.07) is 4.91. The Hall–Kier alpha value is -1.15. The van der Waals surface area contributed by atoms with Crippen LogP contribution < -0.4 is 5.73 Å². The van der Waals surface area contributed by atoms with Crippen molar-refractivity contribution in [3.63, 3.8) is 0 Å². The highest BCUT2D eigenvalue weighted by Crippen LogP contribution is 2.19. The first-order valence-electron chi connectivity index (χ1n) is 5.27. The minimum Gasteiger partial charge on any atom is -0.324 e. The van der Waals surface area contributed by atoms with Crippen molar-refractivity contribution >= 4 is 0 Å². The Labute approximate surface area is 90.8 Å². The maximum atomic E-state index is 13.1. The molecule has 1 aromatic carbocycles. The number of unbranched alkanes of at least 4 members (excludes halogenated alkanes) is 1. The Morgan fingerprint density at radius 2 is 2.20 bits per heavy atom. The van der Waals surface area contributed by atoms with E-state index in [1.807, 2.05) is 19.1 Å². The van der Waals surface area contributed by atoms with Gasteiger partial charge in [0, 0.05) is 6.04 Å². The van der Waals surface area contributed by atoms with Crippen molar-refractivity contribution in [1.82, 2.24) is 0 Å². The molecule has 0 fully saturated rings. The average Bonchev–Trinajstić information content (AvgIpc) is 2.16. The maximum Gasteiger partial charge on any atom is 0.123 e. The summed E-state index contributed by atoms with van der Waals surface area (Å²) in [6.45, 7) is 5.54. The molecule has 0 aliphatic heterocycles. The van der Waals surface area contributed by atoms with Gasteiger partial charge in [-0.25, -0.2) is 4.39 Å². The van der Waals surface area contributed by atoms with Gasteiger partial charge in [0.2, 0.25) is 0 Å². The Balaban J connectivity index is 2.64. The second-order valence-corrected chi connectivity index (χ2v) is 3.89. The van der Waals surface area contributed by atoms with Crippen LogP contribution in [0.2, 0.25) is 0 Å². The fourth-order valence-corrected chi connectivity index (χ4v) is 1.63. The molecule has 2 N–H and O–H groups in total. The van der Waals surface area contributed by atoms with Crippen LogP contribution in [0.25, 0.3) is 0 Å². The lowest BCUT2D eigenvalue weighted by Gasteiger charge is -2.12. The predicted octanol–water partition coefficient (Wildman–Crippen LogP) is 3.49. The van der Waals surface area contributed by atoms with Gasteiger partial charge in [-0.2, -0.15) is 0 Å². The van der Waals surface area contributed by atoms with E-state index in [-0.39, 0.29) is 11.9 Å². The zero-order chi connectivity index (χ0) is 11.3. The minimum atomic E-state index is -0.204. The molecular formula is C13H18FN. The average molecular weight is 207 g/mol. The van der Waals surface area contributed by atoms with Crippen LogP contribution >= 0.6 is 0 Å². The second-order valence-electron chi connectivity index (χ2n) is 3.89. The molecule has 0 spiro atoms. The van der Waals surface area contributed by atoms with E-state index in [0.29, 0.717) is 0 Å². The van der Waals surface area contributed by atoms with E-state index in [9.17, 15) is 4.39 Å². The number of aryl methyl sites for hydroxylation is 1. The van der Waals surface area contributed by atoms with Crippen molar-refractivity contribution in [1.29, 1.82) is 0 Å². The Morgan fingerprint density at radius 1 is 1.47 bits per heavy atom. The van der Waals surface area contributed by atoms with Crippen LogP contribution in [-0.4, -0.2) is 0 Å². The van der Waals surface area contributed by atoms with E-state index in [4.69, 9.17) is 5.73 Å². The zero-order valence-corrected chi connectivity index (χ0v) is 9.17. The van der Waals surface area contributed by atoms with Gasteiger partial charge in [0.05, 0.1) is 0 Å². The fraction of sp³-hybridized carbons (Fsp3) is 0.385. The molecule has 1 rings (SSSR count). The molecule has 1 atom stereocenters. The molecule has 0 amide bonds. The summed E-state index contributed by atoms with van der Waals surface area (Å²) in [4.78, 5) is 0. The summed E-state index contributed by atoms with van der Waals surface area (Å²) in [5, 5.41) is 0. The Morgan fingerprint density at radius 3 is 2.80 bits per heavy atom. The predicted molar refractivity (Wildman–Crippen MR) is 62.1 cm³/mol. The van der Waals surface area contributed by atoms with Crippen LogP contribution in [0.4, 0.5) is 4.39 Å². The summed E-state index contributed by atoms with van der Waals surface area (Å²) >= 11 is 0. The van der Waals surface area contributed by atoms with Gasteiger partial charge < -0.3 is 5.73 Å². The molecule has 2 heteroatoms. The number of benzene rings is 1. The van der Waals surface area contributed by atoms with Crippen molar-refractivity contribution in [3.05, 3.63) is 47.8 Å². The largest absolute Gasteiger partial charge is 0.324 e. The quantitative estimate of drug-likeness (QED) is 0.580. The third kappa shape index (κ3) is 3.84. The Kier molecular flexibility index (Phi) is 4.50. The van der Waals surface area contributed by atoms with E-state index in [0.717, 1.165) is 30.4 Å². The van der Waals surface area contributed by atoms with Gasteiger partial charge in [-0.3, -0.25) is 0 Å². The van der Waals surface area contributed by atoms with Crippen LogP contribution in [-0.2, 0) is 0 Å². The molecule has 0 saturated carbocycles. The lowest BCUT2D eigenvalue weighted by Crippen LogP contribution is -2.10. The highest BCUT2D eigenvalue weighted by molar-refractivity contribution is 5.25. The monoisotopic (exact) mass is 207 g/mol. The lowest BCUT2D eigenvalue weighted by atomic mass is 10.00. The lowest BCUT2D eigenvalue weighted by molar-refractivity contribution is 0.595. The number of hydrogen-bond acceptors (Lipinski definition) is 1. The summed E-state index contributed by atoms with van der Waals surface area (Å²) in [5.74, 6) is -0.204. The minimum absolute atomic E-state index is 0.0700. The number of rotatable bonds is 5. The normalized spacial score (nSPS) is 12.5. The molecule has 0 bridgehead atoms. The third-order valence-electron chi connectivity index (χ3n) is 2.42. The molecule has 0 saturated heterocycles. The molecule has 0 aliphatic rings. The molecule has 1 nitrogen and oxygen atoms in total. The van der Waals surface area contributed by atoms with E-state index < -0.39 is 0 Å². The zero-order valence-electron chi connectivity index (χ0n) is 9.17. The fourth-order valence-electron chi connectivity index (χ4n) is 1.63. The molecule has 0 aromatic heterocycles. The van der Waals surface area contributed by atoms with Crippen molar-refractivity contribution in [2.24, 2.45) is 5.73 Å². The number of hydrogen-bond donors (Lipinski definition) is 1. The van der Waals surface area contributed by atoms with Crippen LogP contribution in [0.3, 0.4) is 0 Å². The highest BCUT2D eigenvalue weighted by atomic mass is 19.1. The van der Waals surface area contributed by atoms with Gasteiger partial charge in [-0.15, -0.1) is 6.58 Å². The van der Waals surface area contributed by atoms with Crippen LogP contribution in [0, 0.1) is 12.7 Å². The third-order valence-corrected chi connectivity index (χ3v) is 2.42. The standard InChI is InChI=1S/C13H18FN/c1-3-4-5-6-13(15)11-7-10(2)8-12(14)9-11/h3,7-9,13H,1,4-6,15H2,2H3. The van der Waals surface area contributed by atoms with Gasteiger partial charge in [-0.05, 0) is 49.4 Å². The van der Waals surface area contributed by atoms with Gasteiger partial charge in [0.25, 0.3) is 0 Å². The molecule has 0 aliphatic carbocycles. The van der Waals surface area contributed by atoms with E-state index in [2.05, 4.69) is 6.58 Å². The molecule has 0 heterocycles. The topological polar surface area (TPSA) is 26.0 Å². The number of nitrogens with two attached hydrogens (primary N) is 1. The molecule has 1 unspecified atom stereocenters. The van der Waals surface area contributed by atoms with Crippen molar-refractivity contribution in [2.75, 3.05) is 0 Å². The van der Waals surface area contributed by atoms with E-state index in [1.54, 1.807) is 0 Å². The second kappa shape index (κ2) is 5.66. The van der Waals surface area contributed by atoms with E-state index >= 15 is 0 Å².